The van der Waals surface area contributed by atoms with Crippen molar-refractivity contribution in [1.82, 2.24) is 4.90 Å². The molecule has 2 aliphatic rings. The molecule has 0 aromatic heterocycles. The van der Waals surface area contributed by atoms with Crippen molar-refractivity contribution in [3.63, 3.8) is 0 Å². The Kier molecular flexibility index (Phi) is 7.90. The molecule has 2 fully saturated rings. The molecule has 0 spiro atoms. The molecule has 1 amide bonds. The first kappa shape index (κ1) is 17.8. The number of nitrogens with two attached hydrogens (primary N) is 1. The minimum absolute atomic E-state index is 0. The highest BCUT2D eigenvalue weighted by atomic mass is 35.5. The molecule has 0 radical (unpaired) electrons. The van der Waals surface area contributed by atoms with Crippen molar-refractivity contribution in [3.05, 3.63) is 0 Å². The van der Waals surface area contributed by atoms with Crippen LogP contribution in [0.2, 0.25) is 0 Å². The maximum atomic E-state index is 12.4. The van der Waals surface area contributed by atoms with E-state index in [9.17, 15) is 4.79 Å². The quantitative estimate of drug-likeness (QED) is 0.763. The fourth-order valence-electron chi connectivity index (χ4n) is 4.04. The molecule has 1 aliphatic carbocycles. The van der Waals surface area contributed by atoms with Gasteiger partial charge in [-0.15, -0.1) is 12.4 Å². The van der Waals surface area contributed by atoms with Crippen LogP contribution in [0.25, 0.3) is 0 Å². The lowest BCUT2D eigenvalue weighted by Crippen LogP contribution is -2.42. The molecule has 1 heterocycles. The van der Waals surface area contributed by atoms with Crippen LogP contribution in [0, 0.1) is 5.92 Å². The van der Waals surface area contributed by atoms with Crippen LogP contribution in [0.3, 0.4) is 0 Å². The molecule has 0 aromatic carbocycles. The summed E-state index contributed by atoms with van der Waals surface area (Å²) < 4.78 is 0. The third-order valence-corrected chi connectivity index (χ3v) is 4.98. The van der Waals surface area contributed by atoms with Crippen molar-refractivity contribution in [2.24, 2.45) is 11.7 Å². The van der Waals surface area contributed by atoms with Crippen LogP contribution >= 0.6 is 12.4 Å². The van der Waals surface area contributed by atoms with E-state index in [0.717, 1.165) is 38.1 Å². The monoisotopic (exact) mass is 302 g/mol. The minimum atomic E-state index is 0. The number of likely N-dealkylation sites (tertiary alicyclic amines) is 1. The number of amides is 1. The summed E-state index contributed by atoms with van der Waals surface area (Å²) in [6.45, 7) is 3.02. The van der Waals surface area contributed by atoms with Crippen LogP contribution in [0.1, 0.15) is 71.1 Å². The van der Waals surface area contributed by atoms with Gasteiger partial charge in [0.2, 0.25) is 5.91 Å². The molecule has 2 N–H and O–H groups in total. The highest BCUT2D eigenvalue weighted by molar-refractivity contribution is 5.85. The highest BCUT2D eigenvalue weighted by Crippen LogP contribution is 2.39. The predicted octanol–water partition coefficient (Wildman–Crippen LogP) is 3.50. The van der Waals surface area contributed by atoms with Gasteiger partial charge in [0.05, 0.1) is 0 Å². The van der Waals surface area contributed by atoms with Crippen molar-refractivity contribution >= 4 is 18.3 Å². The van der Waals surface area contributed by atoms with E-state index in [1.54, 1.807) is 0 Å². The average Bonchev–Trinajstić information content (AvgIpc) is 2.74. The lowest BCUT2D eigenvalue weighted by atomic mass is 9.85. The van der Waals surface area contributed by atoms with Gasteiger partial charge in [-0.1, -0.05) is 25.7 Å². The summed E-state index contributed by atoms with van der Waals surface area (Å²) in [7, 11) is 0. The zero-order valence-electron chi connectivity index (χ0n) is 12.9. The van der Waals surface area contributed by atoms with Gasteiger partial charge in [0.15, 0.2) is 0 Å². The normalized spacial score (nSPS) is 28.9. The number of halogens is 1. The third kappa shape index (κ3) is 4.36. The smallest absolute Gasteiger partial charge is 0.223 e. The predicted molar refractivity (Wildman–Crippen MR) is 86.1 cm³/mol. The van der Waals surface area contributed by atoms with E-state index in [1.165, 1.54) is 38.5 Å². The lowest BCUT2D eigenvalue weighted by molar-refractivity contribution is -0.134. The van der Waals surface area contributed by atoms with Crippen molar-refractivity contribution in [2.75, 3.05) is 6.54 Å². The first-order valence-corrected chi connectivity index (χ1v) is 8.25. The van der Waals surface area contributed by atoms with Crippen LogP contribution in [-0.2, 0) is 4.79 Å². The number of unbranched alkanes of at least 4 members (excludes halogenated alkanes) is 3. The second-order valence-corrected chi connectivity index (χ2v) is 6.45. The molecule has 3 unspecified atom stereocenters. The van der Waals surface area contributed by atoms with Gasteiger partial charge in [0, 0.05) is 18.5 Å². The Labute approximate surface area is 130 Å². The molecule has 3 atom stereocenters. The van der Waals surface area contributed by atoms with Gasteiger partial charge in [0.1, 0.15) is 0 Å². The van der Waals surface area contributed by atoms with Crippen LogP contribution in [0.15, 0.2) is 0 Å². The number of hydrogen-bond donors (Lipinski definition) is 1. The summed E-state index contributed by atoms with van der Waals surface area (Å²) >= 11 is 0. The molecular weight excluding hydrogens is 272 g/mol. The number of hydrogen-bond acceptors (Lipinski definition) is 2. The van der Waals surface area contributed by atoms with Crippen molar-refractivity contribution in [2.45, 2.75) is 83.2 Å². The van der Waals surface area contributed by atoms with Crippen molar-refractivity contribution < 1.29 is 4.79 Å². The summed E-state index contributed by atoms with van der Waals surface area (Å²) in [6.07, 6.45) is 11.7. The van der Waals surface area contributed by atoms with E-state index in [4.69, 9.17) is 5.73 Å². The standard InChI is InChI=1S/C16H30N2O.ClH/c1-13-12-14-8-5-6-9-15(14)18(13)16(19)10-4-2-3-7-11-17;/h13-15H,2-12,17H2,1H3;1H. The Balaban J connectivity index is 0.00000200. The summed E-state index contributed by atoms with van der Waals surface area (Å²) in [4.78, 5) is 14.7. The number of carbonyl (C=O) groups excluding carboxylic acids is 1. The molecule has 2 rings (SSSR count). The van der Waals surface area contributed by atoms with Crippen molar-refractivity contribution in [3.8, 4) is 0 Å². The van der Waals surface area contributed by atoms with Gasteiger partial charge in [-0.3, -0.25) is 4.79 Å². The average molecular weight is 303 g/mol. The van der Waals surface area contributed by atoms with E-state index in [1.807, 2.05) is 0 Å². The molecule has 0 aromatic rings. The molecule has 1 aliphatic heterocycles. The zero-order valence-corrected chi connectivity index (χ0v) is 13.7. The van der Waals surface area contributed by atoms with Gasteiger partial charge in [0.25, 0.3) is 0 Å². The van der Waals surface area contributed by atoms with Gasteiger partial charge in [-0.2, -0.15) is 0 Å². The molecule has 4 heteroatoms. The van der Waals surface area contributed by atoms with E-state index in [2.05, 4.69) is 11.8 Å². The molecular formula is C16H31ClN2O. The Bertz CT molecular complexity index is 298. The van der Waals surface area contributed by atoms with Gasteiger partial charge in [-0.05, 0) is 51.5 Å². The van der Waals surface area contributed by atoms with Crippen LogP contribution in [0.5, 0.6) is 0 Å². The number of nitrogens with zero attached hydrogens (tertiary/aromatic N) is 1. The van der Waals surface area contributed by atoms with Crippen LogP contribution in [-0.4, -0.2) is 29.4 Å². The van der Waals surface area contributed by atoms with E-state index >= 15 is 0 Å². The number of carbonyl (C=O) groups is 1. The fourth-order valence-corrected chi connectivity index (χ4v) is 4.04. The fraction of sp³-hybridized carbons (Fsp3) is 0.938. The minimum Gasteiger partial charge on any atom is -0.337 e. The van der Waals surface area contributed by atoms with Gasteiger partial charge in [-0.25, -0.2) is 0 Å². The van der Waals surface area contributed by atoms with Crippen molar-refractivity contribution in [1.29, 1.82) is 0 Å². The second-order valence-electron chi connectivity index (χ2n) is 6.45. The number of fused-ring (bicyclic) bond motifs is 1. The maximum Gasteiger partial charge on any atom is 0.223 e. The summed E-state index contributed by atoms with van der Waals surface area (Å²) in [5.74, 6) is 1.21. The van der Waals surface area contributed by atoms with E-state index < -0.39 is 0 Å². The molecule has 1 saturated carbocycles. The van der Waals surface area contributed by atoms with Crippen LogP contribution in [0.4, 0.5) is 0 Å². The molecule has 0 bridgehead atoms. The SMILES string of the molecule is CC1CC2CCCCC2N1C(=O)CCCCCCN.Cl. The van der Waals surface area contributed by atoms with E-state index in [0.29, 0.717) is 18.0 Å². The highest BCUT2D eigenvalue weighted by Gasteiger charge is 2.41. The Hall–Kier alpha value is -0.280. The summed E-state index contributed by atoms with van der Waals surface area (Å²) in [6, 6.07) is 1.05. The molecule has 20 heavy (non-hydrogen) atoms. The Morgan fingerprint density at radius 3 is 2.60 bits per heavy atom. The maximum absolute atomic E-state index is 12.4. The Morgan fingerprint density at radius 1 is 1.15 bits per heavy atom. The van der Waals surface area contributed by atoms with Gasteiger partial charge < -0.3 is 10.6 Å². The third-order valence-electron chi connectivity index (χ3n) is 4.98. The molecule has 3 nitrogen and oxygen atoms in total. The lowest BCUT2D eigenvalue weighted by Gasteiger charge is -2.33. The van der Waals surface area contributed by atoms with Crippen LogP contribution < -0.4 is 5.73 Å². The number of rotatable bonds is 6. The van der Waals surface area contributed by atoms with Gasteiger partial charge >= 0.3 is 0 Å². The topological polar surface area (TPSA) is 46.3 Å². The first-order valence-electron chi connectivity index (χ1n) is 8.25. The molecule has 1 saturated heterocycles. The second kappa shape index (κ2) is 8.89. The summed E-state index contributed by atoms with van der Waals surface area (Å²) in [5, 5.41) is 0. The zero-order chi connectivity index (χ0) is 13.7. The first-order chi connectivity index (χ1) is 9.24. The van der Waals surface area contributed by atoms with E-state index in [-0.39, 0.29) is 12.4 Å². The largest absolute Gasteiger partial charge is 0.337 e. The Morgan fingerprint density at radius 2 is 1.85 bits per heavy atom. The molecule has 118 valence electrons. The summed E-state index contributed by atoms with van der Waals surface area (Å²) in [5.41, 5.74) is 5.49.